The van der Waals surface area contributed by atoms with Crippen LogP contribution in [0.5, 0.6) is 5.75 Å². The van der Waals surface area contributed by atoms with E-state index in [2.05, 4.69) is 78.3 Å². The average molecular weight is 509 g/mol. The minimum absolute atomic E-state index is 0.0732. The van der Waals surface area contributed by atoms with Gasteiger partial charge < -0.3 is 20.5 Å². The molecule has 0 fully saturated rings. The number of allylic oxidation sites excluding steroid dienone is 9. The van der Waals surface area contributed by atoms with Crippen LogP contribution in [-0.4, -0.2) is 42.7 Å². The van der Waals surface area contributed by atoms with Gasteiger partial charge in [-0.2, -0.15) is 0 Å². The number of amides is 2. The van der Waals surface area contributed by atoms with Crippen LogP contribution in [0, 0.1) is 0 Å². The fourth-order valence-electron chi connectivity index (χ4n) is 3.26. The maximum atomic E-state index is 12.3. The van der Waals surface area contributed by atoms with Crippen LogP contribution in [0.2, 0.25) is 0 Å². The lowest BCUT2D eigenvalue weighted by Crippen LogP contribution is -2.40. The fourth-order valence-corrected chi connectivity index (χ4v) is 3.26. The first-order valence-electron chi connectivity index (χ1n) is 13.3. The monoisotopic (exact) mass is 508 g/mol. The Morgan fingerprint density at radius 1 is 0.811 bits per heavy atom. The van der Waals surface area contributed by atoms with E-state index < -0.39 is 6.10 Å². The van der Waals surface area contributed by atoms with Crippen LogP contribution < -0.4 is 10.6 Å². The third kappa shape index (κ3) is 16.1. The molecule has 0 heterocycles. The molecule has 202 valence electrons. The Morgan fingerprint density at radius 3 is 1.92 bits per heavy atom. The number of benzene rings is 1. The molecular weight excluding hydrogens is 464 g/mol. The van der Waals surface area contributed by atoms with Gasteiger partial charge in [-0.25, -0.2) is 0 Å². The molecule has 0 aliphatic heterocycles. The summed E-state index contributed by atoms with van der Waals surface area (Å²) in [6.07, 6.45) is 27.3. The Morgan fingerprint density at radius 2 is 1.35 bits per heavy atom. The molecule has 6 nitrogen and oxygen atoms in total. The van der Waals surface area contributed by atoms with Gasteiger partial charge in [0.1, 0.15) is 11.9 Å². The first-order chi connectivity index (χ1) is 18.1. The van der Waals surface area contributed by atoms with Gasteiger partial charge in [0.2, 0.25) is 5.91 Å². The van der Waals surface area contributed by atoms with E-state index in [1.807, 2.05) is 6.92 Å². The van der Waals surface area contributed by atoms with Crippen LogP contribution in [0.4, 0.5) is 0 Å². The van der Waals surface area contributed by atoms with Gasteiger partial charge in [0.15, 0.2) is 0 Å². The van der Waals surface area contributed by atoms with E-state index in [-0.39, 0.29) is 36.2 Å². The molecule has 1 rings (SSSR count). The van der Waals surface area contributed by atoms with Crippen LogP contribution in [0.15, 0.2) is 85.0 Å². The van der Waals surface area contributed by atoms with Crippen molar-refractivity contribution >= 4 is 11.8 Å². The van der Waals surface area contributed by atoms with Crippen molar-refractivity contribution in [1.82, 2.24) is 10.6 Å². The minimum atomic E-state index is -0.517. The van der Waals surface area contributed by atoms with E-state index in [9.17, 15) is 14.7 Å². The minimum Gasteiger partial charge on any atom is -0.507 e. The molecule has 0 saturated heterocycles. The summed E-state index contributed by atoms with van der Waals surface area (Å²) in [6, 6.07) is 6.33. The molecule has 0 bridgehead atoms. The Hall–Kier alpha value is -3.38. The van der Waals surface area contributed by atoms with Crippen molar-refractivity contribution in [3.63, 3.8) is 0 Å². The summed E-state index contributed by atoms with van der Waals surface area (Å²) in [6.45, 7) is 5.06. The van der Waals surface area contributed by atoms with E-state index in [0.29, 0.717) is 13.0 Å². The summed E-state index contributed by atoms with van der Waals surface area (Å²) < 4.78 is 5.72. The van der Waals surface area contributed by atoms with Crippen LogP contribution in [0.3, 0.4) is 0 Å². The Bertz CT molecular complexity index is 916. The zero-order chi connectivity index (χ0) is 27.0. The SMILES string of the molecule is CCC=CCC=CCC=CCC=CCC=CCCOC(CC)C(=O)NCCNC(=O)c1ccccc1O. The van der Waals surface area contributed by atoms with Gasteiger partial charge in [0.05, 0.1) is 12.2 Å². The molecule has 0 aliphatic rings. The first kappa shape index (κ1) is 31.6. The second-order valence-corrected chi connectivity index (χ2v) is 8.33. The van der Waals surface area contributed by atoms with E-state index in [1.54, 1.807) is 18.2 Å². The molecule has 1 atom stereocenters. The third-order valence-electron chi connectivity index (χ3n) is 5.28. The standard InChI is InChI=1S/C31H44N2O4/c1-3-5-6-7-8-9-10-11-12-13-14-15-16-17-18-21-26-37-29(4-2)31(36)33-25-24-32-30(35)27-22-19-20-23-28(27)34/h5-6,8-9,11-12,14-15,17-20,22-23,29,34H,3-4,7,10,13,16,21,24-26H2,1-2H3,(H,32,35)(H,33,36). The summed E-state index contributed by atoms with van der Waals surface area (Å²) in [5, 5.41) is 15.2. The molecule has 0 radical (unpaired) electrons. The second kappa shape index (κ2) is 21.9. The van der Waals surface area contributed by atoms with Crippen molar-refractivity contribution in [2.24, 2.45) is 0 Å². The number of ether oxygens (including phenoxy) is 1. The van der Waals surface area contributed by atoms with Crippen LogP contribution in [0.25, 0.3) is 0 Å². The predicted octanol–water partition coefficient (Wildman–Crippen LogP) is 6.17. The molecule has 0 aromatic heterocycles. The number of phenolic OH excluding ortho intramolecular Hbond substituents is 1. The summed E-state index contributed by atoms with van der Waals surface area (Å²) in [5.74, 6) is -0.646. The van der Waals surface area contributed by atoms with E-state index in [1.165, 1.54) is 6.07 Å². The van der Waals surface area contributed by atoms with Gasteiger partial charge in [-0.15, -0.1) is 0 Å². The number of carbonyl (C=O) groups excluding carboxylic acids is 2. The highest BCUT2D eigenvalue weighted by atomic mass is 16.5. The summed E-state index contributed by atoms with van der Waals surface area (Å²) in [7, 11) is 0. The van der Waals surface area contributed by atoms with Crippen molar-refractivity contribution in [3.8, 4) is 5.75 Å². The lowest BCUT2D eigenvalue weighted by atomic mass is 10.2. The molecule has 1 unspecified atom stereocenters. The van der Waals surface area contributed by atoms with Gasteiger partial charge >= 0.3 is 0 Å². The highest BCUT2D eigenvalue weighted by Crippen LogP contribution is 2.14. The molecule has 37 heavy (non-hydrogen) atoms. The zero-order valence-corrected chi connectivity index (χ0v) is 22.4. The predicted molar refractivity (Wildman–Crippen MR) is 153 cm³/mol. The molecule has 0 spiro atoms. The normalized spacial score (nSPS) is 12.9. The lowest BCUT2D eigenvalue weighted by molar-refractivity contribution is -0.132. The number of hydrogen-bond donors (Lipinski definition) is 3. The van der Waals surface area contributed by atoms with Crippen molar-refractivity contribution in [2.45, 2.75) is 64.9 Å². The Labute approximate surface area is 222 Å². The average Bonchev–Trinajstić information content (AvgIpc) is 2.90. The van der Waals surface area contributed by atoms with Gasteiger partial charge in [-0.05, 0) is 57.1 Å². The number of para-hydroxylation sites is 1. The molecule has 1 aromatic rings. The van der Waals surface area contributed by atoms with Crippen molar-refractivity contribution in [1.29, 1.82) is 0 Å². The van der Waals surface area contributed by atoms with Crippen LogP contribution in [0.1, 0.15) is 69.2 Å². The summed E-state index contributed by atoms with van der Waals surface area (Å²) >= 11 is 0. The Balaban J connectivity index is 2.10. The number of nitrogens with one attached hydrogen (secondary N) is 2. The molecular formula is C31H44N2O4. The highest BCUT2D eigenvalue weighted by molar-refractivity contribution is 5.96. The van der Waals surface area contributed by atoms with E-state index in [0.717, 1.165) is 38.5 Å². The quantitative estimate of drug-likeness (QED) is 0.154. The fraction of sp³-hybridized carbons (Fsp3) is 0.419. The van der Waals surface area contributed by atoms with Crippen molar-refractivity contribution in [3.05, 3.63) is 90.6 Å². The van der Waals surface area contributed by atoms with Crippen LogP contribution in [-0.2, 0) is 9.53 Å². The molecule has 0 aliphatic carbocycles. The molecule has 1 aromatic carbocycles. The van der Waals surface area contributed by atoms with Gasteiger partial charge in [-0.1, -0.05) is 86.7 Å². The summed E-state index contributed by atoms with van der Waals surface area (Å²) in [4.78, 5) is 24.4. The number of hydrogen-bond acceptors (Lipinski definition) is 4. The van der Waals surface area contributed by atoms with Crippen molar-refractivity contribution in [2.75, 3.05) is 19.7 Å². The third-order valence-corrected chi connectivity index (χ3v) is 5.28. The second-order valence-electron chi connectivity index (χ2n) is 8.33. The first-order valence-corrected chi connectivity index (χ1v) is 13.3. The maximum absolute atomic E-state index is 12.3. The number of aromatic hydroxyl groups is 1. The largest absolute Gasteiger partial charge is 0.507 e. The molecule has 0 saturated carbocycles. The topological polar surface area (TPSA) is 87.7 Å². The molecule has 6 heteroatoms. The van der Waals surface area contributed by atoms with Crippen molar-refractivity contribution < 1.29 is 19.4 Å². The zero-order valence-electron chi connectivity index (χ0n) is 22.4. The van der Waals surface area contributed by atoms with Gasteiger partial charge in [0.25, 0.3) is 5.91 Å². The van der Waals surface area contributed by atoms with Gasteiger partial charge in [0, 0.05) is 13.1 Å². The highest BCUT2D eigenvalue weighted by Gasteiger charge is 2.16. The number of rotatable bonds is 19. The maximum Gasteiger partial charge on any atom is 0.255 e. The lowest BCUT2D eigenvalue weighted by Gasteiger charge is -2.15. The van der Waals surface area contributed by atoms with Crippen LogP contribution >= 0.6 is 0 Å². The Kier molecular flexibility index (Phi) is 18.7. The smallest absolute Gasteiger partial charge is 0.255 e. The van der Waals surface area contributed by atoms with Gasteiger partial charge in [-0.3, -0.25) is 9.59 Å². The number of phenols is 1. The number of carbonyl (C=O) groups is 2. The summed E-state index contributed by atoms with van der Waals surface area (Å²) in [5.41, 5.74) is 0.207. The molecule has 3 N–H and O–H groups in total. The van der Waals surface area contributed by atoms with E-state index >= 15 is 0 Å². The van der Waals surface area contributed by atoms with E-state index in [4.69, 9.17) is 4.74 Å². The molecule has 2 amide bonds.